The average molecular weight is 520 g/mol. The maximum absolute atomic E-state index is 13.8. The molecule has 5 rings (SSSR count). The zero-order valence-electron chi connectivity index (χ0n) is 20.5. The van der Waals surface area contributed by atoms with E-state index in [9.17, 15) is 13.2 Å². The van der Waals surface area contributed by atoms with Gasteiger partial charge in [0.05, 0.1) is 21.7 Å². The molecule has 0 radical (unpaired) electrons. The number of hydrogen-bond donors (Lipinski definition) is 0. The molecule has 0 saturated carbocycles. The number of carbonyl (C=O) groups is 1. The van der Waals surface area contributed by atoms with Gasteiger partial charge in [-0.1, -0.05) is 60.2 Å². The molecule has 186 valence electrons. The van der Waals surface area contributed by atoms with E-state index in [2.05, 4.69) is 13.0 Å². The summed E-state index contributed by atoms with van der Waals surface area (Å²) in [5.74, 6) is -0.213. The van der Waals surface area contributed by atoms with E-state index < -0.39 is 10.0 Å². The van der Waals surface area contributed by atoms with Crippen molar-refractivity contribution in [3.05, 3.63) is 89.0 Å². The lowest BCUT2D eigenvalue weighted by Gasteiger charge is -2.26. The van der Waals surface area contributed by atoms with Gasteiger partial charge in [-0.3, -0.25) is 9.69 Å². The maximum Gasteiger partial charge on any atom is 0.260 e. The van der Waals surface area contributed by atoms with Crippen LogP contribution in [-0.4, -0.2) is 36.7 Å². The molecular weight excluding hydrogens is 490 g/mol. The number of fused-ring (bicyclic) bond motifs is 1. The summed E-state index contributed by atoms with van der Waals surface area (Å²) >= 11 is 1.51. The van der Waals surface area contributed by atoms with Gasteiger partial charge in [0.15, 0.2) is 5.13 Å². The van der Waals surface area contributed by atoms with Gasteiger partial charge in [-0.05, 0) is 67.6 Å². The summed E-state index contributed by atoms with van der Waals surface area (Å²) in [4.78, 5) is 20.6. The second kappa shape index (κ2) is 10.1. The third-order valence-electron chi connectivity index (χ3n) is 6.64. The number of nitrogens with zero attached hydrogens (tertiary/aromatic N) is 3. The molecule has 8 heteroatoms. The van der Waals surface area contributed by atoms with E-state index in [4.69, 9.17) is 4.98 Å². The van der Waals surface area contributed by atoms with Crippen LogP contribution in [0.5, 0.6) is 0 Å². The number of piperidine rings is 1. The molecular formula is C28H29N3O3S2. The van der Waals surface area contributed by atoms with Gasteiger partial charge in [0.2, 0.25) is 10.0 Å². The number of aryl methyl sites for hydroxylation is 2. The Balaban J connectivity index is 1.49. The van der Waals surface area contributed by atoms with Crippen LogP contribution in [0.25, 0.3) is 10.2 Å². The van der Waals surface area contributed by atoms with E-state index >= 15 is 0 Å². The van der Waals surface area contributed by atoms with E-state index in [1.54, 1.807) is 33.5 Å². The Labute approximate surface area is 216 Å². The van der Waals surface area contributed by atoms with Gasteiger partial charge >= 0.3 is 0 Å². The largest absolute Gasteiger partial charge is 0.279 e. The first-order chi connectivity index (χ1) is 17.3. The van der Waals surface area contributed by atoms with Crippen molar-refractivity contribution in [3.8, 4) is 0 Å². The fourth-order valence-corrected chi connectivity index (χ4v) is 7.16. The minimum absolute atomic E-state index is 0.213. The molecule has 6 nitrogen and oxygen atoms in total. The average Bonchev–Trinajstić information content (AvgIpc) is 3.37. The molecule has 3 aromatic carbocycles. The topological polar surface area (TPSA) is 70.6 Å². The molecule has 0 unspecified atom stereocenters. The Morgan fingerprint density at radius 1 is 0.917 bits per heavy atom. The minimum Gasteiger partial charge on any atom is -0.279 e. The summed E-state index contributed by atoms with van der Waals surface area (Å²) in [6.07, 6.45) is 2.82. The summed E-state index contributed by atoms with van der Waals surface area (Å²) in [6, 6.07) is 20.3. The highest BCUT2D eigenvalue weighted by Gasteiger charge is 2.27. The molecule has 0 bridgehead atoms. The van der Waals surface area contributed by atoms with Crippen molar-refractivity contribution in [2.75, 3.05) is 18.0 Å². The molecule has 1 aliphatic rings. The van der Waals surface area contributed by atoms with Crippen molar-refractivity contribution < 1.29 is 13.2 Å². The summed E-state index contributed by atoms with van der Waals surface area (Å²) in [7, 11) is -3.55. The highest BCUT2D eigenvalue weighted by molar-refractivity contribution is 7.89. The molecule has 1 saturated heterocycles. The van der Waals surface area contributed by atoms with E-state index in [0.29, 0.717) is 30.3 Å². The number of sulfonamides is 1. The number of amides is 1. The quantitative estimate of drug-likeness (QED) is 0.316. The van der Waals surface area contributed by atoms with Crippen LogP contribution >= 0.6 is 11.3 Å². The van der Waals surface area contributed by atoms with Gasteiger partial charge in [-0.25, -0.2) is 13.4 Å². The standard InChI is InChI=1S/C28H29N3O3S2/c1-20-11-12-21(2)26-25(20)29-28(35-26)31(19-22-9-5-3-6-10-22)27(32)23-13-15-24(16-14-23)36(33,34)30-17-7-4-8-18-30/h3,5-6,9-16H,4,7-8,17-19H2,1-2H3. The predicted octanol–water partition coefficient (Wildman–Crippen LogP) is 5.93. The van der Waals surface area contributed by atoms with E-state index in [1.807, 2.05) is 43.3 Å². The summed E-state index contributed by atoms with van der Waals surface area (Å²) < 4.78 is 28.7. The van der Waals surface area contributed by atoms with Crippen molar-refractivity contribution in [1.29, 1.82) is 0 Å². The molecule has 0 aliphatic carbocycles. The highest BCUT2D eigenvalue weighted by atomic mass is 32.2. The molecule has 1 fully saturated rings. The Morgan fingerprint density at radius 2 is 1.58 bits per heavy atom. The third-order valence-corrected chi connectivity index (χ3v) is 9.77. The smallest absolute Gasteiger partial charge is 0.260 e. The Kier molecular flexibility index (Phi) is 6.92. The van der Waals surface area contributed by atoms with Crippen molar-refractivity contribution in [3.63, 3.8) is 0 Å². The number of carbonyl (C=O) groups excluding carboxylic acids is 1. The van der Waals surface area contributed by atoms with Gasteiger partial charge in [0.25, 0.3) is 5.91 Å². The molecule has 1 aromatic heterocycles. The maximum atomic E-state index is 13.8. The van der Waals surface area contributed by atoms with Crippen LogP contribution in [0.1, 0.15) is 46.3 Å². The second-order valence-corrected chi connectivity index (χ2v) is 12.2. The van der Waals surface area contributed by atoms with Crippen LogP contribution in [0.15, 0.2) is 71.6 Å². The van der Waals surface area contributed by atoms with Crippen LogP contribution in [0.3, 0.4) is 0 Å². The Bertz CT molecular complexity index is 1450. The zero-order valence-corrected chi connectivity index (χ0v) is 22.1. The molecule has 1 aliphatic heterocycles. The van der Waals surface area contributed by atoms with E-state index in [0.717, 1.165) is 46.2 Å². The Morgan fingerprint density at radius 3 is 2.25 bits per heavy atom. The van der Waals surface area contributed by atoms with Gasteiger partial charge in [-0.15, -0.1) is 0 Å². The number of hydrogen-bond acceptors (Lipinski definition) is 5. The molecule has 0 N–H and O–H groups in total. The van der Waals surface area contributed by atoms with Crippen LogP contribution in [0, 0.1) is 13.8 Å². The first kappa shape index (κ1) is 24.6. The molecule has 36 heavy (non-hydrogen) atoms. The van der Waals surface area contributed by atoms with Crippen LogP contribution in [-0.2, 0) is 16.6 Å². The van der Waals surface area contributed by atoms with Gasteiger partial charge in [0.1, 0.15) is 0 Å². The van der Waals surface area contributed by atoms with Crippen LogP contribution < -0.4 is 4.90 Å². The number of anilines is 1. The Hall–Kier alpha value is -3.07. The highest BCUT2D eigenvalue weighted by Crippen LogP contribution is 2.34. The molecule has 2 heterocycles. The fourth-order valence-electron chi connectivity index (χ4n) is 4.54. The molecule has 0 spiro atoms. The van der Waals surface area contributed by atoms with Gasteiger partial charge in [-0.2, -0.15) is 4.31 Å². The monoisotopic (exact) mass is 519 g/mol. The third kappa shape index (κ3) is 4.81. The summed E-state index contributed by atoms with van der Waals surface area (Å²) in [6.45, 7) is 5.53. The van der Waals surface area contributed by atoms with E-state index in [1.165, 1.54) is 11.3 Å². The molecule has 1 amide bonds. The SMILES string of the molecule is Cc1ccc(C)c2sc(N(Cc3ccccc3)C(=O)c3ccc(S(=O)(=O)N4CCCCC4)cc3)nc12. The number of rotatable bonds is 6. The van der Waals surface area contributed by atoms with Crippen molar-refractivity contribution in [2.45, 2.75) is 44.6 Å². The summed E-state index contributed by atoms with van der Waals surface area (Å²) in [5, 5.41) is 0.626. The minimum atomic E-state index is -3.55. The summed E-state index contributed by atoms with van der Waals surface area (Å²) in [5.41, 5.74) is 4.51. The van der Waals surface area contributed by atoms with Gasteiger partial charge in [0, 0.05) is 18.7 Å². The lowest BCUT2D eigenvalue weighted by Crippen LogP contribution is -2.35. The number of benzene rings is 3. The van der Waals surface area contributed by atoms with Crippen molar-refractivity contribution in [1.82, 2.24) is 9.29 Å². The lowest BCUT2D eigenvalue weighted by molar-refractivity contribution is 0.0985. The number of aromatic nitrogens is 1. The predicted molar refractivity (Wildman–Crippen MR) is 145 cm³/mol. The fraction of sp³-hybridized carbons (Fsp3) is 0.286. The second-order valence-electron chi connectivity index (χ2n) is 9.24. The van der Waals surface area contributed by atoms with Crippen molar-refractivity contribution >= 4 is 42.6 Å². The first-order valence-corrected chi connectivity index (χ1v) is 14.4. The van der Waals surface area contributed by atoms with E-state index in [-0.39, 0.29) is 10.8 Å². The van der Waals surface area contributed by atoms with Crippen LogP contribution in [0.2, 0.25) is 0 Å². The first-order valence-electron chi connectivity index (χ1n) is 12.2. The van der Waals surface area contributed by atoms with Crippen molar-refractivity contribution in [2.24, 2.45) is 0 Å². The molecule has 4 aromatic rings. The zero-order chi connectivity index (χ0) is 25.3. The van der Waals surface area contributed by atoms with Gasteiger partial charge < -0.3 is 0 Å². The lowest BCUT2D eigenvalue weighted by atomic mass is 10.1. The van der Waals surface area contributed by atoms with Crippen LogP contribution in [0.4, 0.5) is 5.13 Å². The normalized spacial score (nSPS) is 14.7. The number of thiazole rings is 1. The molecule has 0 atom stereocenters.